The predicted molar refractivity (Wildman–Crippen MR) is 78.1 cm³/mol. The molecule has 1 aliphatic carbocycles. The SMILES string of the molecule is O=S(=O)(CC1CCCNC1)N1CCOC2CCCCC21. The van der Waals surface area contributed by atoms with Gasteiger partial charge in [0.25, 0.3) is 0 Å². The highest BCUT2D eigenvalue weighted by atomic mass is 32.2. The van der Waals surface area contributed by atoms with Crippen molar-refractivity contribution in [1.82, 2.24) is 9.62 Å². The number of fused-ring (bicyclic) bond motifs is 1. The van der Waals surface area contributed by atoms with Crippen LogP contribution in [0.5, 0.6) is 0 Å². The van der Waals surface area contributed by atoms with E-state index in [-0.39, 0.29) is 18.1 Å². The zero-order valence-electron chi connectivity index (χ0n) is 12.1. The summed E-state index contributed by atoms with van der Waals surface area (Å²) in [6, 6.07) is 0.0963. The Morgan fingerprint density at radius 3 is 2.80 bits per heavy atom. The van der Waals surface area contributed by atoms with E-state index in [1.165, 1.54) is 6.42 Å². The van der Waals surface area contributed by atoms with Gasteiger partial charge in [-0.05, 0) is 44.7 Å². The normalized spacial score (nSPS) is 36.5. The van der Waals surface area contributed by atoms with Gasteiger partial charge in [0.1, 0.15) is 0 Å². The molecule has 3 atom stereocenters. The molecule has 116 valence electrons. The van der Waals surface area contributed by atoms with E-state index < -0.39 is 10.0 Å². The molecular formula is C14H26N2O3S. The summed E-state index contributed by atoms with van der Waals surface area (Å²) >= 11 is 0. The van der Waals surface area contributed by atoms with E-state index in [9.17, 15) is 8.42 Å². The monoisotopic (exact) mass is 302 g/mol. The molecule has 6 heteroatoms. The number of nitrogens with one attached hydrogen (secondary N) is 1. The molecule has 0 spiro atoms. The Balaban J connectivity index is 1.68. The Labute approximate surface area is 122 Å². The molecule has 3 unspecified atom stereocenters. The van der Waals surface area contributed by atoms with Crippen molar-refractivity contribution < 1.29 is 13.2 Å². The summed E-state index contributed by atoms with van der Waals surface area (Å²) in [5.74, 6) is 0.585. The molecule has 20 heavy (non-hydrogen) atoms. The molecule has 0 aromatic rings. The quantitative estimate of drug-likeness (QED) is 0.843. The Bertz CT molecular complexity index is 418. The summed E-state index contributed by atoms with van der Waals surface area (Å²) in [4.78, 5) is 0. The summed E-state index contributed by atoms with van der Waals surface area (Å²) < 4.78 is 33.1. The number of morpholine rings is 1. The van der Waals surface area contributed by atoms with Crippen LogP contribution in [-0.2, 0) is 14.8 Å². The molecular weight excluding hydrogens is 276 g/mol. The van der Waals surface area contributed by atoms with Gasteiger partial charge in [-0.25, -0.2) is 8.42 Å². The summed E-state index contributed by atoms with van der Waals surface area (Å²) in [6.07, 6.45) is 6.54. The third-order valence-electron chi connectivity index (χ3n) is 4.88. The first-order valence-corrected chi connectivity index (χ1v) is 9.59. The second-order valence-electron chi connectivity index (χ2n) is 6.36. The Morgan fingerprint density at radius 1 is 1.15 bits per heavy atom. The smallest absolute Gasteiger partial charge is 0.214 e. The van der Waals surface area contributed by atoms with Crippen LogP contribution in [0.2, 0.25) is 0 Å². The van der Waals surface area contributed by atoms with Crippen LogP contribution in [0.3, 0.4) is 0 Å². The van der Waals surface area contributed by atoms with E-state index in [0.29, 0.717) is 18.9 Å². The van der Waals surface area contributed by atoms with Crippen LogP contribution in [0.4, 0.5) is 0 Å². The lowest BCUT2D eigenvalue weighted by molar-refractivity contribution is -0.0587. The number of hydrogen-bond donors (Lipinski definition) is 1. The summed E-state index contributed by atoms with van der Waals surface area (Å²) in [6.45, 7) is 2.98. The van der Waals surface area contributed by atoms with E-state index >= 15 is 0 Å². The van der Waals surface area contributed by atoms with Gasteiger partial charge in [0.15, 0.2) is 0 Å². The number of nitrogens with zero attached hydrogens (tertiary/aromatic N) is 1. The molecule has 2 heterocycles. The van der Waals surface area contributed by atoms with Crippen molar-refractivity contribution in [2.75, 3.05) is 32.0 Å². The van der Waals surface area contributed by atoms with Crippen LogP contribution in [0.25, 0.3) is 0 Å². The molecule has 3 aliphatic rings. The van der Waals surface area contributed by atoms with Crippen molar-refractivity contribution in [3.63, 3.8) is 0 Å². The lowest BCUT2D eigenvalue weighted by Gasteiger charge is -2.43. The predicted octanol–water partition coefficient (Wildman–Crippen LogP) is 0.959. The average molecular weight is 302 g/mol. The van der Waals surface area contributed by atoms with Crippen LogP contribution in [-0.4, -0.2) is 56.9 Å². The van der Waals surface area contributed by atoms with Crippen LogP contribution in [0.15, 0.2) is 0 Å². The molecule has 3 rings (SSSR count). The number of ether oxygens (including phenoxy) is 1. The van der Waals surface area contributed by atoms with Gasteiger partial charge in [-0.1, -0.05) is 12.8 Å². The molecule has 2 saturated heterocycles. The number of hydrogen-bond acceptors (Lipinski definition) is 4. The fourth-order valence-corrected chi connectivity index (χ4v) is 5.94. The van der Waals surface area contributed by atoms with Gasteiger partial charge in [-0.15, -0.1) is 0 Å². The lowest BCUT2D eigenvalue weighted by Crippen LogP contribution is -2.56. The molecule has 0 bridgehead atoms. The standard InChI is InChI=1S/C14H26N2O3S/c17-20(18,11-12-4-3-7-15-10-12)16-8-9-19-14-6-2-1-5-13(14)16/h12-15H,1-11H2. The number of rotatable bonds is 3. The van der Waals surface area contributed by atoms with Gasteiger partial charge in [0, 0.05) is 6.54 Å². The molecule has 0 amide bonds. The highest BCUT2D eigenvalue weighted by Crippen LogP contribution is 2.31. The minimum atomic E-state index is -3.14. The fraction of sp³-hybridized carbons (Fsp3) is 1.00. The maximum atomic E-state index is 12.8. The highest BCUT2D eigenvalue weighted by Gasteiger charge is 2.40. The molecule has 5 nitrogen and oxygen atoms in total. The van der Waals surface area contributed by atoms with Crippen molar-refractivity contribution in [2.24, 2.45) is 5.92 Å². The topological polar surface area (TPSA) is 58.6 Å². The molecule has 1 saturated carbocycles. The summed E-state index contributed by atoms with van der Waals surface area (Å²) in [7, 11) is -3.14. The molecule has 3 fully saturated rings. The Kier molecular flexibility index (Phi) is 4.65. The highest BCUT2D eigenvalue weighted by molar-refractivity contribution is 7.89. The first-order valence-electron chi connectivity index (χ1n) is 7.99. The lowest BCUT2D eigenvalue weighted by atomic mass is 9.91. The van der Waals surface area contributed by atoms with E-state index in [0.717, 1.165) is 45.2 Å². The van der Waals surface area contributed by atoms with E-state index in [2.05, 4.69) is 5.32 Å². The van der Waals surface area contributed by atoms with Gasteiger partial charge >= 0.3 is 0 Å². The second kappa shape index (κ2) is 6.30. The largest absolute Gasteiger partial charge is 0.375 e. The van der Waals surface area contributed by atoms with Crippen LogP contribution in [0, 0.1) is 5.92 Å². The maximum Gasteiger partial charge on any atom is 0.214 e. The van der Waals surface area contributed by atoms with Crippen LogP contribution in [0.1, 0.15) is 38.5 Å². The summed E-state index contributed by atoms with van der Waals surface area (Å²) in [5.41, 5.74) is 0. The van der Waals surface area contributed by atoms with E-state index in [4.69, 9.17) is 4.74 Å². The van der Waals surface area contributed by atoms with Crippen molar-refractivity contribution in [1.29, 1.82) is 0 Å². The first-order chi connectivity index (χ1) is 9.67. The molecule has 2 aliphatic heterocycles. The average Bonchev–Trinajstić information content (AvgIpc) is 2.47. The Morgan fingerprint density at radius 2 is 2.00 bits per heavy atom. The van der Waals surface area contributed by atoms with E-state index in [1.807, 2.05) is 0 Å². The van der Waals surface area contributed by atoms with E-state index in [1.54, 1.807) is 4.31 Å². The molecule has 0 aromatic carbocycles. The fourth-order valence-electron chi connectivity index (χ4n) is 3.87. The third kappa shape index (κ3) is 3.18. The van der Waals surface area contributed by atoms with Gasteiger partial charge in [-0.2, -0.15) is 4.31 Å². The molecule has 1 N–H and O–H groups in total. The zero-order valence-corrected chi connectivity index (χ0v) is 12.9. The second-order valence-corrected chi connectivity index (χ2v) is 8.33. The van der Waals surface area contributed by atoms with Gasteiger partial charge < -0.3 is 10.1 Å². The first kappa shape index (κ1) is 14.8. The number of piperidine rings is 1. The molecule has 0 aromatic heterocycles. The zero-order chi connectivity index (χ0) is 14.0. The van der Waals surface area contributed by atoms with Crippen LogP contribution < -0.4 is 5.32 Å². The van der Waals surface area contributed by atoms with Crippen LogP contribution >= 0.6 is 0 Å². The van der Waals surface area contributed by atoms with Gasteiger partial charge in [-0.3, -0.25) is 0 Å². The summed E-state index contributed by atoms with van der Waals surface area (Å²) in [5, 5.41) is 3.31. The van der Waals surface area contributed by atoms with Crippen molar-refractivity contribution >= 4 is 10.0 Å². The maximum absolute atomic E-state index is 12.8. The van der Waals surface area contributed by atoms with Crippen molar-refractivity contribution in [3.05, 3.63) is 0 Å². The molecule has 0 radical (unpaired) electrons. The Hall–Kier alpha value is -0.170. The minimum Gasteiger partial charge on any atom is -0.375 e. The van der Waals surface area contributed by atoms with Crippen molar-refractivity contribution in [2.45, 2.75) is 50.7 Å². The van der Waals surface area contributed by atoms with Gasteiger partial charge in [0.05, 0.1) is 24.5 Å². The number of sulfonamides is 1. The minimum absolute atomic E-state index is 0.0963. The van der Waals surface area contributed by atoms with Crippen molar-refractivity contribution in [3.8, 4) is 0 Å². The van der Waals surface area contributed by atoms with Gasteiger partial charge in [0.2, 0.25) is 10.0 Å². The third-order valence-corrected chi connectivity index (χ3v) is 6.94.